The van der Waals surface area contributed by atoms with Gasteiger partial charge in [-0.25, -0.2) is 72.6 Å². The maximum atomic E-state index is 15.8. The van der Waals surface area contributed by atoms with Gasteiger partial charge >= 0.3 is 54.0 Å². The molecule has 0 saturated carbocycles. The van der Waals surface area contributed by atoms with Gasteiger partial charge in [-0.2, -0.15) is 0 Å². The zero-order valence-electron chi connectivity index (χ0n) is 68.9. The van der Waals surface area contributed by atoms with Gasteiger partial charge in [-0.3, -0.25) is 93.6 Å². The number of fused-ring (bicyclic) bond motifs is 4. The van der Waals surface area contributed by atoms with Crippen molar-refractivity contribution in [3.8, 4) is 23.0 Å². The summed E-state index contributed by atoms with van der Waals surface area (Å²) in [4.78, 5) is 102. The topological polar surface area (TPSA) is 597 Å². The lowest BCUT2D eigenvalue weighted by Gasteiger charge is -2.28. The number of aryl methyl sites for hydroxylation is 4. The van der Waals surface area contributed by atoms with E-state index >= 15 is 17.6 Å². The number of aromatic amines is 4. The fourth-order valence-electron chi connectivity index (χ4n) is 11.9. The van der Waals surface area contributed by atoms with Crippen LogP contribution in [-0.2, 0) is 99.8 Å². The molecule has 12 heterocycles. The van der Waals surface area contributed by atoms with E-state index in [4.69, 9.17) is 72.4 Å². The number of ether oxygens (including phenoxy) is 4. The second-order valence-electron chi connectivity index (χ2n) is 27.4. The monoisotopic (exact) mass is 1850 g/mol. The van der Waals surface area contributed by atoms with Crippen LogP contribution in [0.4, 0.5) is 35.1 Å². The number of aliphatic hydroxyl groups excluding tert-OH is 8. The van der Waals surface area contributed by atoms with E-state index in [1.807, 2.05) is 15.0 Å². The molecular formula is C68H68F8N8O36P4. The third-order valence-electron chi connectivity index (χ3n) is 18.5. The number of phosphoric acid groups is 4. The highest BCUT2D eigenvalue weighted by Crippen LogP contribution is 2.60. The quantitative estimate of drug-likeness (QED) is 0.0488. The highest BCUT2D eigenvalue weighted by molar-refractivity contribution is 7.49. The van der Waals surface area contributed by atoms with E-state index in [0.717, 1.165) is 85.5 Å². The van der Waals surface area contributed by atoms with Gasteiger partial charge in [-0.15, -0.1) is 0 Å². The van der Waals surface area contributed by atoms with E-state index in [0.29, 0.717) is 13.7 Å². The number of aliphatic hydroxyl groups is 8. The molecule has 672 valence electrons. The molecule has 4 saturated heterocycles. The molecule has 44 nitrogen and oxygen atoms in total. The first kappa shape index (κ1) is 83.9. The van der Waals surface area contributed by atoms with Crippen molar-refractivity contribution in [3.05, 3.63) is 249 Å². The molecule has 0 bridgehead atoms. The summed E-state index contributed by atoms with van der Waals surface area (Å²) in [5.41, 5.74) is -7.24. The van der Waals surface area contributed by atoms with Crippen molar-refractivity contribution in [1.82, 2.24) is 38.2 Å². The molecule has 56 heteroatoms. The number of hydrogen-bond donors (Lipinski definition) is 12. The van der Waals surface area contributed by atoms with E-state index in [-0.39, 0.29) is 85.3 Å². The Kier molecular flexibility index (Phi) is 23.6. The molecule has 4 aromatic heterocycles. The predicted octanol–water partition coefficient (Wildman–Crippen LogP) is 2.54. The molecule has 8 aromatic rings. The number of rotatable bonds is 16. The lowest BCUT2D eigenvalue weighted by atomic mass is 10.1. The van der Waals surface area contributed by atoms with Crippen LogP contribution in [0.3, 0.4) is 0 Å². The maximum absolute atomic E-state index is 15.8. The number of phosphoric ester groups is 4. The smallest absolute Gasteiger partial charge is 0.404 e. The Morgan fingerprint density at radius 1 is 0.387 bits per heavy atom. The van der Waals surface area contributed by atoms with Crippen LogP contribution in [0.5, 0.6) is 23.0 Å². The van der Waals surface area contributed by atoms with Gasteiger partial charge in [0.25, 0.3) is 45.7 Å². The highest BCUT2D eigenvalue weighted by atomic mass is 31.2. The van der Waals surface area contributed by atoms with Gasteiger partial charge in [0, 0.05) is 69.3 Å². The van der Waals surface area contributed by atoms with E-state index in [1.54, 1.807) is 4.98 Å². The van der Waals surface area contributed by atoms with Crippen molar-refractivity contribution in [2.45, 2.75) is 151 Å². The fourth-order valence-corrected chi connectivity index (χ4v) is 16.6. The summed E-state index contributed by atoms with van der Waals surface area (Å²) in [5.74, 6) is -17.3. The van der Waals surface area contributed by atoms with Crippen LogP contribution >= 0.6 is 31.3 Å². The van der Waals surface area contributed by atoms with Crippen molar-refractivity contribution in [3.63, 3.8) is 0 Å². The molecule has 0 spiro atoms. The molecule has 8 aliphatic rings. The average Bonchev–Trinajstić information content (AvgIpc) is 1.56. The summed E-state index contributed by atoms with van der Waals surface area (Å²) in [7, 11) is -18.6. The zero-order valence-corrected chi connectivity index (χ0v) is 66.4. The second-order valence-corrected chi connectivity index (χ2v) is 33.7. The molecule has 0 aliphatic carbocycles. The molecule has 124 heavy (non-hydrogen) atoms. The van der Waals surface area contributed by atoms with Crippen LogP contribution in [0.1, 0.15) is 77.6 Å². The molecule has 20 atom stereocenters. The molecule has 12 N–H and O–H groups in total. The molecule has 4 fully saturated rings. The molecule has 4 unspecified atom stereocenters. The van der Waals surface area contributed by atoms with E-state index in [9.17, 15) is 115 Å². The lowest BCUT2D eigenvalue weighted by Crippen LogP contribution is -2.43. The highest BCUT2D eigenvalue weighted by Gasteiger charge is 2.62. The van der Waals surface area contributed by atoms with E-state index in [1.165, 1.54) is 39.8 Å². The summed E-state index contributed by atoms with van der Waals surface area (Å²) < 4.78 is 295. The third kappa shape index (κ3) is 19.1. The number of aromatic nitrogens is 8. The molecular weight excluding hydrogens is 1780 g/mol. The van der Waals surface area contributed by atoms with Gasteiger partial charge in [0.15, 0.2) is 24.9 Å². The fraction of sp³-hybridized carbons (Fsp3) is 0.412. The molecule has 0 amide bonds. The van der Waals surface area contributed by atoms with E-state index in [2.05, 4.69) is 9.05 Å². The van der Waals surface area contributed by atoms with Gasteiger partial charge < -0.3 is 77.9 Å². The molecule has 8 aliphatic heterocycles. The van der Waals surface area contributed by atoms with Gasteiger partial charge in [0.1, 0.15) is 121 Å². The maximum Gasteiger partial charge on any atom is 0.530 e. The largest absolute Gasteiger partial charge is 0.530 e. The number of H-pyrrole nitrogens is 4. The summed E-state index contributed by atoms with van der Waals surface area (Å²) in [6.45, 7) is -6.88. The minimum absolute atomic E-state index is 0.00459. The van der Waals surface area contributed by atoms with Crippen molar-refractivity contribution in [2.75, 3.05) is 26.3 Å². The lowest BCUT2D eigenvalue weighted by molar-refractivity contribution is -0.205. The normalized spacial score (nSPS) is 34.6. The average molecular weight is 1860 g/mol. The number of nitrogens with one attached hydrogen (secondary N) is 4. The number of nitrogens with zero attached hydrogens (tertiary/aromatic N) is 4. The first-order valence-electron chi connectivity index (χ1n) is 38.1. The van der Waals surface area contributed by atoms with E-state index < -0.39 is 236 Å². The molecule has 16 rings (SSSR count). The van der Waals surface area contributed by atoms with Crippen molar-refractivity contribution in [2.24, 2.45) is 0 Å². The van der Waals surface area contributed by atoms with Gasteiger partial charge in [-0.1, -0.05) is 0 Å². The van der Waals surface area contributed by atoms with Crippen LogP contribution in [0.25, 0.3) is 0 Å². The Bertz CT molecular complexity index is 6550. The number of benzene rings is 4. The SMILES string of the molecule is Cc1cn([C@@H]2O[C@](F)(COP3(=O)OCc4cc(F)ccc4O3)[C@@H](O)[C@H]2O)c(=O)[nH]c1=O.[2H]C([2H])(OP1(=O)OCc2cc(F)ccc2O1)[C@@]1(F)O[C@@H](n2cc(C)c(=O)[nH]c2=O)[C@H](O)[C@@H]1O.[2H]C([2H])(OP1(=O)OCc2cc(F)ccc2O1)[C@@]1(F)O[C@@]([2H])(n2cc(C)c(=O)[nH]c2=O)[C@H](O)[C@@H]1O.[2H][C@@]1(n2cc(C)c(=O)[nH]c2=O)O[C@](F)(COP2(=O)OCc3cc(F)ccc3O2)[C@@H](O)[C@H]1O. The van der Waals surface area contributed by atoms with Crippen LogP contribution in [-0.4, -0.2) is 178 Å². The predicted molar refractivity (Wildman–Crippen MR) is 390 cm³/mol. The standard InChI is InChI=1S/4C17H17F2N2O9P/c4*1-8-5-21(16(25)20-14(8)24)15-12(22)13(23)17(19,29-15)7-28-31(26)27-6-9-4-10(18)2-3-11(9)30-31/h4*2-5,12-13,15,22-23H,6-7H2,1H3,(H,20,24,25)/t4*12-,13+,15-,17-,31?/m1111/s1/i7D2,15D;15D;7D2;. The van der Waals surface area contributed by atoms with Gasteiger partial charge in [0.05, 0.1) is 34.7 Å². The zero-order chi connectivity index (χ0) is 95.6. The minimum Gasteiger partial charge on any atom is -0.404 e. The first-order chi connectivity index (χ1) is 60.3. The van der Waals surface area contributed by atoms with Crippen molar-refractivity contribution >= 4 is 31.3 Å². The Balaban J connectivity index is 0.000000148. The summed E-state index contributed by atoms with van der Waals surface area (Å²) in [6, 6.07) is 12.7. The first-order valence-corrected chi connectivity index (χ1v) is 41.0. The number of halogens is 8. The van der Waals surface area contributed by atoms with Crippen LogP contribution in [0.2, 0.25) is 0 Å². The summed E-state index contributed by atoms with van der Waals surface area (Å²) in [6.07, 6.45) is -25.5. The van der Waals surface area contributed by atoms with Crippen LogP contribution in [0, 0.1) is 51.0 Å². The Morgan fingerprint density at radius 3 is 0.952 bits per heavy atom. The van der Waals surface area contributed by atoms with Crippen molar-refractivity contribution < 1.29 is 176 Å². The minimum atomic E-state index is -4.95. The Labute approximate surface area is 692 Å². The Morgan fingerprint density at radius 2 is 0.629 bits per heavy atom. The second kappa shape index (κ2) is 34.9. The third-order valence-corrected chi connectivity index (χ3v) is 23.5. The van der Waals surface area contributed by atoms with Crippen LogP contribution in [0.15, 0.2) is 136 Å². The van der Waals surface area contributed by atoms with Gasteiger partial charge in [-0.05, 0) is 100 Å². The summed E-state index contributed by atoms with van der Waals surface area (Å²) in [5, 5.41) is 81.9. The van der Waals surface area contributed by atoms with Crippen molar-refractivity contribution in [1.29, 1.82) is 0 Å². The Hall–Kier alpha value is -9.64. The summed E-state index contributed by atoms with van der Waals surface area (Å²) >= 11 is 0. The van der Waals surface area contributed by atoms with Gasteiger partial charge in [0.2, 0.25) is 0 Å². The number of hydrogen-bond acceptors (Lipinski definition) is 36. The molecule has 4 aromatic carbocycles. The van der Waals surface area contributed by atoms with Crippen LogP contribution < -0.4 is 63.1 Å². The molecule has 0 radical (unpaired) electrons. The number of alkyl halides is 4.